The molecule has 2 aromatic carbocycles. The quantitative estimate of drug-likeness (QED) is 0.0891. The van der Waals surface area contributed by atoms with Crippen molar-refractivity contribution < 1.29 is 19.0 Å². The Bertz CT molecular complexity index is 872. The monoisotopic (exact) mass is 711 g/mol. The maximum atomic E-state index is 13.0. The van der Waals surface area contributed by atoms with E-state index in [1.807, 2.05) is 13.8 Å². The van der Waals surface area contributed by atoms with Gasteiger partial charge >= 0.3 is 5.97 Å². The third-order valence-electron chi connectivity index (χ3n) is 5.35. The maximum absolute atomic E-state index is 13.0. The van der Waals surface area contributed by atoms with Crippen molar-refractivity contribution in [3.8, 4) is 0 Å². The molecule has 0 saturated carbocycles. The molecule has 34 heavy (non-hydrogen) atoms. The molecule has 4 nitrogen and oxygen atoms in total. The number of rotatable bonds is 14. The number of carbonyl (C=O) groups is 1. The summed E-state index contributed by atoms with van der Waals surface area (Å²) in [6.45, 7) is 12.1. The Balaban J connectivity index is 1.93. The van der Waals surface area contributed by atoms with Gasteiger partial charge in [0.25, 0.3) is 0 Å². The molecule has 0 N–H and O–H groups in total. The van der Waals surface area contributed by atoms with Crippen LogP contribution < -0.4 is 0 Å². The van der Waals surface area contributed by atoms with Crippen LogP contribution in [0.4, 0.5) is 0 Å². The fraction of sp³-hybridized carbons (Fsp3) is 0.519. The van der Waals surface area contributed by atoms with E-state index >= 15 is 0 Å². The molecule has 0 aliphatic rings. The van der Waals surface area contributed by atoms with E-state index in [0.717, 1.165) is 17.9 Å². The van der Waals surface area contributed by atoms with Crippen LogP contribution in [0.5, 0.6) is 0 Å². The standard InChI is InChI=1S/C27H38I2O4P/c1-21(28)15-31-19-27(3,20-33-22(2)29)26(30)32-16-23-11-13-25(14-12-23)18-34(4,5)17-24-9-7-6-8-10-24/h6-14,21-22H,15-20H2,1-5H3/q+1. The average Bonchev–Trinajstić information content (AvgIpc) is 2.77. The minimum atomic E-state index is -1.10. The molecule has 0 amide bonds. The van der Waals surface area contributed by atoms with Gasteiger partial charge in [-0.25, -0.2) is 0 Å². The van der Waals surface area contributed by atoms with Crippen LogP contribution in [0.3, 0.4) is 0 Å². The molecule has 7 heteroatoms. The van der Waals surface area contributed by atoms with E-state index in [1.165, 1.54) is 11.1 Å². The van der Waals surface area contributed by atoms with Crippen molar-refractivity contribution in [1.29, 1.82) is 0 Å². The highest BCUT2D eigenvalue weighted by molar-refractivity contribution is 14.1. The summed E-state index contributed by atoms with van der Waals surface area (Å²) in [5, 5.41) is 0. The smallest absolute Gasteiger partial charge is 0.316 e. The third kappa shape index (κ3) is 11.2. The molecule has 0 radical (unpaired) electrons. The van der Waals surface area contributed by atoms with E-state index in [2.05, 4.69) is 120 Å². The van der Waals surface area contributed by atoms with E-state index in [4.69, 9.17) is 14.2 Å². The second-order valence-corrected chi connectivity index (χ2v) is 18.2. The van der Waals surface area contributed by atoms with Crippen LogP contribution >= 0.6 is 52.4 Å². The largest absolute Gasteiger partial charge is 0.460 e. The van der Waals surface area contributed by atoms with Crippen molar-refractivity contribution in [2.24, 2.45) is 5.41 Å². The Morgan fingerprint density at radius 3 is 2.03 bits per heavy atom. The third-order valence-corrected chi connectivity index (χ3v) is 8.51. The Morgan fingerprint density at radius 1 is 0.912 bits per heavy atom. The molecule has 2 aromatic rings. The Labute approximate surface area is 233 Å². The molecule has 0 aliphatic heterocycles. The normalized spacial score (nSPS) is 15.4. The molecule has 0 saturated heterocycles. The van der Waals surface area contributed by atoms with Gasteiger partial charge in [-0.2, -0.15) is 0 Å². The summed E-state index contributed by atoms with van der Waals surface area (Å²) in [7, 11) is -1.10. The van der Waals surface area contributed by atoms with Crippen LogP contribution in [0.25, 0.3) is 0 Å². The predicted molar refractivity (Wildman–Crippen MR) is 161 cm³/mol. The zero-order valence-corrected chi connectivity index (χ0v) is 26.1. The van der Waals surface area contributed by atoms with Crippen LogP contribution in [0.2, 0.25) is 0 Å². The van der Waals surface area contributed by atoms with Gasteiger partial charge in [0.05, 0.1) is 32.1 Å². The summed E-state index contributed by atoms with van der Waals surface area (Å²) >= 11 is 4.50. The number of esters is 1. The van der Waals surface area contributed by atoms with E-state index in [0.29, 0.717) is 10.5 Å². The molecule has 0 spiro atoms. The zero-order chi connectivity index (χ0) is 25.2. The molecular weight excluding hydrogens is 673 g/mol. The number of hydrogen-bond donors (Lipinski definition) is 0. The molecule has 2 rings (SSSR count). The summed E-state index contributed by atoms with van der Waals surface area (Å²) in [6, 6.07) is 19.2. The molecule has 0 aliphatic carbocycles. The first-order chi connectivity index (χ1) is 16.0. The van der Waals surface area contributed by atoms with Crippen LogP contribution in [-0.2, 0) is 37.9 Å². The minimum absolute atomic E-state index is 0.00903. The van der Waals surface area contributed by atoms with Crippen LogP contribution in [-0.4, -0.2) is 47.2 Å². The van der Waals surface area contributed by atoms with Crippen molar-refractivity contribution in [1.82, 2.24) is 0 Å². The zero-order valence-electron chi connectivity index (χ0n) is 20.9. The molecule has 0 aromatic heterocycles. The van der Waals surface area contributed by atoms with Crippen molar-refractivity contribution in [3.05, 3.63) is 71.3 Å². The van der Waals surface area contributed by atoms with Gasteiger partial charge in [0.1, 0.15) is 16.1 Å². The predicted octanol–water partition coefficient (Wildman–Crippen LogP) is 7.35. The molecule has 0 fully saturated rings. The topological polar surface area (TPSA) is 44.8 Å². The van der Waals surface area contributed by atoms with Gasteiger partial charge in [-0.3, -0.25) is 4.79 Å². The number of carbonyl (C=O) groups excluding carboxylic acids is 1. The van der Waals surface area contributed by atoms with Crippen LogP contribution in [0.1, 0.15) is 37.5 Å². The molecule has 0 heterocycles. The van der Waals surface area contributed by atoms with E-state index in [1.54, 1.807) is 0 Å². The van der Waals surface area contributed by atoms with Gasteiger partial charge < -0.3 is 14.2 Å². The lowest BCUT2D eigenvalue weighted by molar-refractivity contribution is -0.165. The van der Waals surface area contributed by atoms with Gasteiger partial charge in [0.15, 0.2) is 0 Å². The Hall–Kier alpha value is -0.280. The fourth-order valence-electron chi connectivity index (χ4n) is 3.60. The number of halogens is 2. The SMILES string of the molecule is CC(I)COCC(C)(COC(C)I)C(=O)OCc1ccc(C[P+](C)(C)Cc2ccccc2)cc1. The van der Waals surface area contributed by atoms with Crippen molar-refractivity contribution in [3.63, 3.8) is 0 Å². The van der Waals surface area contributed by atoms with Crippen molar-refractivity contribution in [2.75, 3.05) is 33.2 Å². The number of benzene rings is 2. The summed E-state index contributed by atoms with van der Waals surface area (Å²) < 4.78 is 17.6. The van der Waals surface area contributed by atoms with Crippen LogP contribution in [0, 0.1) is 5.41 Å². The first kappa shape index (κ1) is 29.9. The number of hydrogen-bond acceptors (Lipinski definition) is 4. The fourth-order valence-corrected chi connectivity index (χ4v) is 6.54. The average molecular weight is 711 g/mol. The molecule has 188 valence electrons. The summed E-state index contributed by atoms with van der Waals surface area (Å²) in [4.78, 5) is 13.0. The maximum Gasteiger partial charge on any atom is 0.316 e. The van der Waals surface area contributed by atoms with Crippen molar-refractivity contribution >= 4 is 58.4 Å². The highest BCUT2D eigenvalue weighted by Crippen LogP contribution is 2.57. The first-order valence-corrected chi connectivity index (χ1v) is 17.1. The van der Waals surface area contributed by atoms with Gasteiger partial charge in [-0.15, -0.1) is 0 Å². The molecule has 0 bridgehead atoms. The van der Waals surface area contributed by atoms with Gasteiger partial charge in [0, 0.05) is 24.5 Å². The highest BCUT2D eigenvalue weighted by atomic mass is 127. The molecular formula is C27H38I2O4P+. The second kappa shape index (κ2) is 14.5. The van der Waals surface area contributed by atoms with E-state index in [-0.39, 0.29) is 29.9 Å². The van der Waals surface area contributed by atoms with Gasteiger partial charge in [-0.05, 0) is 30.5 Å². The number of alkyl halides is 2. The van der Waals surface area contributed by atoms with E-state index in [9.17, 15) is 4.79 Å². The second-order valence-electron chi connectivity index (χ2n) is 9.84. The molecule has 3 atom stereocenters. The lowest BCUT2D eigenvalue weighted by Gasteiger charge is -2.28. The number of ether oxygens (including phenoxy) is 3. The Kier molecular flexibility index (Phi) is 12.7. The lowest BCUT2D eigenvalue weighted by Crippen LogP contribution is -2.40. The van der Waals surface area contributed by atoms with Crippen LogP contribution in [0.15, 0.2) is 54.6 Å². The summed E-state index contributed by atoms with van der Waals surface area (Å²) in [6.07, 6.45) is 2.24. The lowest BCUT2D eigenvalue weighted by atomic mass is 9.93. The molecule has 3 unspecified atom stereocenters. The Morgan fingerprint density at radius 2 is 1.47 bits per heavy atom. The van der Waals surface area contributed by atoms with Gasteiger partial charge in [0.2, 0.25) is 0 Å². The summed E-state index contributed by atoms with van der Waals surface area (Å²) in [5.41, 5.74) is 2.89. The van der Waals surface area contributed by atoms with E-state index < -0.39 is 12.7 Å². The first-order valence-electron chi connectivity index (χ1n) is 11.6. The highest BCUT2D eigenvalue weighted by Gasteiger charge is 2.36. The summed E-state index contributed by atoms with van der Waals surface area (Å²) in [5.74, 6) is -0.287. The van der Waals surface area contributed by atoms with Gasteiger partial charge in [-0.1, -0.05) is 107 Å². The van der Waals surface area contributed by atoms with Crippen molar-refractivity contribution in [2.45, 2.75) is 47.7 Å². The minimum Gasteiger partial charge on any atom is -0.460 e.